The zero-order valence-electron chi connectivity index (χ0n) is 12.1. The van der Waals surface area contributed by atoms with E-state index in [0.717, 1.165) is 18.1 Å². The molecule has 2 aromatic rings. The molecular weight excluding hydrogens is 268 g/mol. The van der Waals surface area contributed by atoms with Crippen LogP contribution < -0.4 is 15.8 Å². The molecule has 0 aliphatic heterocycles. The van der Waals surface area contributed by atoms with Crippen LogP contribution in [0.4, 0.5) is 5.82 Å². The first-order valence-corrected chi connectivity index (χ1v) is 6.69. The number of nitrogens with zero attached hydrogens (tertiary/aromatic N) is 2. The van der Waals surface area contributed by atoms with Crippen LogP contribution in [0.15, 0.2) is 30.3 Å². The van der Waals surface area contributed by atoms with Crippen LogP contribution in [-0.2, 0) is 6.61 Å². The molecule has 6 heteroatoms. The number of primary amides is 1. The quantitative estimate of drug-likeness (QED) is 0.846. The van der Waals surface area contributed by atoms with Crippen molar-refractivity contribution in [3.63, 3.8) is 0 Å². The SMILES string of the molecule is CCNc1cc(C)nc(COc2ccc(C(N)=O)cc2)n1. The van der Waals surface area contributed by atoms with Crippen molar-refractivity contribution >= 4 is 11.7 Å². The fourth-order valence-electron chi connectivity index (χ4n) is 1.83. The summed E-state index contributed by atoms with van der Waals surface area (Å²) in [6.45, 7) is 4.98. The van der Waals surface area contributed by atoms with Crippen LogP contribution in [0.5, 0.6) is 5.75 Å². The van der Waals surface area contributed by atoms with Crippen LogP contribution in [0.2, 0.25) is 0 Å². The second-order valence-corrected chi connectivity index (χ2v) is 4.52. The summed E-state index contributed by atoms with van der Waals surface area (Å²) in [7, 11) is 0. The molecule has 21 heavy (non-hydrogen) atoms. The number of rotatable bonds is 6. The van der Waals surface area contributed by atoms with E-state index in [2.05, 4.69) is 15.3 Å². The Kier molecular flexibility index (Phi) is 4.71. The van der Waals surface area contributed by atoms with Gasteiger partial charge in [-0.15, -0.1) is 0 Å². The van der Waals surface area contributed by atoms with Crippen molar-refractivity contribution in [1.82, 2.24) is 9.97 Å². The molecule has 110 valence electrons. The Morgan fingerprint density at radius 1 is 1.29 bits per heavy atom. The zero-order valence-corrected chi connectivity index (χ0v) is 12.1. The molecule has 0 aliphatic carbocycles. The van der Waals surface area contributed by atoms with Crippen LogP contribution >= 0.6 is 0 Å². The first-order chi connectivity index (χ1) is 10.1. The van der Waals surface area contributed by atoms with E-state index in [1.807, 2.05) is 19.9 Å². The number of ether oxygens (including phenoxy) is 1. The van der Waals surface area contributed by atoms with Gasteiger partial charge in [-0.05, 0) is 38.1 Å². The van der Waals surface area contributed by atoms with Crippen molar-refractivity contribution in [3.8, 4) is 5.75 Å². The van der Waals surface area contributed by atoms with Crippen LogP contribution in [0, 0.1) is 6.92 Å². The summed E-state index contributed by atoms with van der Waals surface area (Å²) in [5, 5.41) is 3.15. The van der Waals surface area contributed by atoms with E-state index in [9.17, 15) is 4.79 Å². The van der Waals surface area contributed by atoms with Gasteiger partial charge in [0, 0.05) is 23.9 Å². The zero-order chi connectivity index (χ0) is 15.2. The van der Waals surface area contributed by atoms with Gasteiger partial charge in [0.25, 0.3) is 0 Å². The summed E-state index contributed by atoms with van der Waals surface area (Å²) in [5.74, 6) is 1.56. The number of benzene rings is 1. The Hall–Kier alpha value is -2.63. The number of carbonyl (C=O) groups is 1. The molecular formula is C15H18N4O2. The van der Waals surface area contributed by atoms with E-state index in [-0.39, 0.29) is 6.61 Å². The van der Waals surface area contributed by atoms with Crippen molar-refractivity contribution in [2.45, 2.75) is 20.5 Å². The van der Waals surface area contributed by atoms with Gasteiger partial charge < -0.3 is 15.8 Å². The minimum absolute atomic E-state index is 0.260. The number of nitrogens with two attached hydrogens (primary N) is 1. The molecule has 0 saturated heterocycles. The predicted molar refractivity (Wildman–Crippen MR) is 80.2 cm³/mol. The van der Waals surface area contributed by atoms with Gasteiger partial charge in [-0.3, -0.25) is 4.79 Å². The predicted octanol–water partition coefficient (Wildman–Crippen LogP) is 1.89. The number of amides is 1. The Morgan fingerprint density at radius 3 is 2.62 bits per heavy atom. The maximum absolute atomic E-state index is 11.0. The molecule has 0 fully saturated rings. The van der Waals surface area contributed by atoms with Crippen molar-refractivity contribution < 1.29 is 9.53 Å². The summed E-state index contributed by atoms with van der Waals surface area (Å²) in [6.07, 6.45) is 0. The molecule has 3 N–H and O–H groups in total. The highest BCUT2D eigenvalue weighted by Crippen LogP contribution is 2.14. The van der Waals surface area contributed by atoms with E-state index in [0.29, 0.717) is 17.1 Å². The third-order valence-electron chi connectivity index (χ3n) is 2.77. The minimum atomic E-state index is -0.459. The van der Waals surface area contributed by atoms with E-state index < -0.39 is 5.91 Å². The third-order valence-corrected chi connectivity index (χ3v) is 2.77. The molecule has 0 aliphatic rings. The maximum atomic E-state index is 11.0. The Bertz CT molecular complexity index is 626. The van der Waals surface area contributed by atoms with Crippen LogP contribution in [0.1, 0.15) is 28.8 Å². The van der Waals surface area contributed by atoms with Gasteiger partial charge in [-0.2, -0.15) is 0 Å². The highest BCUT2D eigenvalue weighted by Gasteiger charge is 2.04. The molecule has 2 rings (SSSR count). The fourth-order valence-corrected chi connectivity index (χ4v) is 1.83. The molecule has 1 heterocycles. The Balaban J connectivity index is 2.03. The second-order valence-electron chi connectivity index (χ2n) is 4.52. The van der Waals surface area contributed by atoms with E-state index >= 15 is 0 Å². The lowest BCUT2D eigenvalue weighted by Crippen LogP contribution is -2.10. The largest absolute Gasteiger partial charge is 0.486 e. The van der Waals surface area contributed by atoms with Crippen LogP contribution in [0.3, 0.4) is 0 Å². The first kappa shape index (κ1) is 14.8. The average Bonchev–Trinajstić information content (AvgIpc) is 2.45. The number of hydrogen-bond donors (Lipinski definition) is 2. The van der Waals surface area contributed by atoms with Gasteiger partial charge in [-0.1, -0.05) is 0 Å². The highest BCUT2D eigenvalue weighted by molar-refractivity contribution is 5.92. The van der Waals surface area contributed by atoms with E-state index in [4.69, 9.17) is 10.5 Å². The van der Waals surface area contributed by atoms with Crippen LogP contribution in [-0.4, -0.2) is 22.4 Å². The average molecular weight is 286 g/mol. The standard InChI is InChI=1S/C15H18N4O2/c1-3-17-13-8-10(2)18-14(19-13)9-21-12-6-4-11(5-7-12)15(16)20/h4-8H,3,9H2,1-2H3,(H2,16,20)(H,17,18,19). The van der Waals surface area contributed by atoms with Gasteiger partial charge in [-0.25, -0.2) is 9.97 Å². The second kappa shape index (κ2) is 6.69. The van der Waals surface area contributed by atoms with Gasteiger partial charge >= 0.3 is 0 Å². The normalized spacial score (nSPS) is 10.2. The molecule has 0 spiro atoms. The smallest absolute Gasteiger partial charge is 0.248 e. The van der Waals surface area contributed by atoms with Gasteiger partial charge in [0.05, 0.1) is 0 Å². The number of nitrogens with one attached hydrogen (secondary N) is 1. The number of anilines is 1. The minimum Gasteiger partial charge on any atom is -0.486 e. The Morgan fingerprint density at radius 2 is 2.00 bits per heavy atom. The molecule has 6 nitrogen and oxygen atoms in total. The number of aryl methyl sites for hydroxylation is 1. The highest BCUT2D eigenvalue weighted by atomic mass is 16.5. The molecule has 0 saturated carbocycles. The van der Waals surface area contributed by atoms with Crippen molar-refractivity contribution in [2.24, 2.45) is 5.73 Å². The molecule has 0 unspecified atom stereocenters. The lowest BCUT2D eigenvalue weighted by Gasteiger charge is -2.08. The van der Waals surface area contributed by atoms with Gasteiger partial charge in [0.1, 0.15) is 18.2 Å². The number of hydrogen-bond acceptors (Lipinski definition) is 5. The molecule has 1 aromatic carbocycles. The summed E-state index contributed by atoms with van der Waals surface area (Å²) in [4.78, 5) is 19.7. The topological polar surface area (TPSA) is 90.1 Å². The maximum Gasteiger partial charge on any atom is 0.248 e. The lowest BCUT2D eigenvalue weighted by molar-refractivity contribution is 0.1000. The summed E-state index contributed by atoms with van der Waals surface area (Å²) >= 11 is 0. The van der Waals surface area contributed by atoms with Gasteiger partial charge in [0.15, 0.2) is 5.82 Å². The van der Waals surface area contributed by atoms with E-state index in [1.165, 1.54) is 0 Å². The monoisotopic (exact) mass is 286 g/mol. The first-order valence-electron chi connectivity index (χ1n) is 6.69. The van der Waals surface area contributed by atoms with Gasteiger partial charge in [0.2, 0.25) is 5.91 Å². The van der Waals surface area contributed by atoms with Crippen molar-refractivity contribution in [3.05, 3.63) is 47.4 Å². The third kappa shape index (κ3) is 4.17. The van der Waals surface area contributed by atoms with Crippen molar-refractivity contribution in [1.29, 1.82) is 0 Å². The Labute approximate surface area is 123 Å². The summed E-state index contributed by atoms with van der Waals surface area (Å²) < 4.78 is 5.61. The molecule has 1 amide bonds. The fraction of sp³-hybridized carbons (Fsp3) is 0.267. The van der Waals surface area contributed by atoms with Crippen molar-refractivity contribution in [2.75, 3.05) is 11.9 Å². The summed E-state index contributed by atoms with van der Waals surface area (Å²) in [6, 6.07) is 8.52. The molecule has 0 bridgehead atoms. The molecule has 0 atom stereocenters. The van der Waals surface area contributed by atoms with E-state index in [1.54, 1.807) is 24.3 Å². The number of carbonyl (C=O) groups excluding carboxylic acids is 1. The lowest BCUT2D eigenvalue weighted by atomic mass is 10.2. The number of aromatic nitrogens is 2. The summed E-state index contributed by atoms with van der Waals surface area (Å²) in [5.41, 5.74) is 6.51. The molecule has 1 aromatic heterocycles. The van der Waals surface area contributed by atoms with Crippen LogP contribution in [0.25, 0.3) is 0 Å². The molecule has 0 radical (unpaired) electrons.